The number of rotatable bonds is 2. The van der Waals surface area contributed by atoms with E-state index in [2.05, 4.69) is 10.2 Å². The van der Waals surface area contributed by atoms with Crippen molar-refractivity contribution in [2.75, 3.05) is 18.9 Å². The van der Waals surface area contributed by atoms with Gasteiger partial charge < -0.3 is 15.2 Å². The number of ether oxygens (including phenoxy) is 2. The van der Waals surface area contributed by atoms with E-state index in [0.29, 0.717) is 19.0 Å². The van der Waals surface area contributed by atoms with Gasteiger partial charge in [0.25, 0.3) is 0 Å². The molecule has 0 saturated heterocycles. The van der Waals surface area contributed by atoms with Crippen LogP contribution in [0.25, 0.3) is 0 Å². The highest BCUT2D eigenvalue weighted by molar-refractivity contribution is 5.47. The normalized spacial score (nSPS) is 13.6. The number of benzene rings is 1. The van der Waals surface area contributed by atoms with Crippen molar-refractivity contribution >= 4 is 5.82 Å². The van der Waals surface area contributed by atoms with Gasteiger partial charge in [0.2, 0.25) is 0 Å². The smallest absolute Gasteiger partial charge is 0.161 e. The van der Waals surface area contributed by atoms with E-state index in [-0.39, 0.29) is 0 Å². The average molecular weight is 231 g/mol. The van der Waals surface area contributed by atoms with Crippen LogP contribution in [0.2, 0.25) is 0 Å². The second-order valence-corrected chi connectivity index (χ2v) is 3.96. The van der Waals surface area contributed by atoms with Gasteiger partial charge in [-0.15, -0.1) is 0 Å². The van der Waals surface area contributed by atoms with E-state index in [1.807, 2.05) is 18.2 Å². The maximum Gasteiger partial charge on any atom is 0.161 e. The van der Waals surface area contributed by atoms with Crippen LogP contribution in [0.1, 0.15) is 11.1 Å². The van der Waals surface area contributed by atoms with Gasteiger partial charge in [-0.25, -0.2) is 0 Å². The number of nitrogens with two attached hydrogens (primary N) is 1. The first kappa shape index (κ1) is 10.0. The molecule has 0 unspecified atom stereocenters. The largest absolute Gasteiger partial charge is 0.486 e. The van der Waals surface area contributed by atoms with Crippen molar-refractivity contribution in [2.24, 2.45) is 0 Å². The first-order valence-electron chi connectivity index (χ1n) is 5.49. The van der Waals surface area contributed by atoms with Gasteiger partial charge >= 0.3 is 0 Å². The van der Waals surface area contributed by atoms with Gasteiger partial charge in [-0.1, -0.05) is 6.07 Å². The number of aromatic nitrogens is 2. The Hall–Kier alpha value is -2.17. The second-order valence-electron chi connectivity index (χ2n) is 3.96. The number of aromatic amines is 1. The molecule has 0 bridgehead atoms. The van der Waals surface area contributed by atoms with Gasteiger partial charge in [-0.05, 0) is 17.7 Å². The fraction of sp³-hybridized carbons (Fsp3) is 0.250. The van der Waals surface area contributed by atoms with Gasteiger partial charge in [0.15, 0.2) is 11.5 Å². The molecule has 1 aromatic heterocycles. The topological polar surface area (TPSA) is 73.2 Å². The summed E-state index contributed by atoms with van der Waals surface area (Å²) < 4.78 is 11.0. The molecule has 5 nitrogen and oxygen atoms in total. The third-order valence-electron chi connectivity index (χ3n) is 2.75. The molecule has 0 atom stereocenters. The lowest BCUT2D eigenvalue weighted by atomic mass is 10.1. The minimum atomic E-state index is 0.601. The lowest BCUT2D eigenvalue weighted by Gasteiger charge is -2.18. The Bertz CT molecular complexity index is 536. The summed E-state index contributed by atoms with van der Waals surface area (Å²) in [5.74, 6) is 2.22. The summed E-state index contributed by atoms with van der Waals surface area (Å²) in [5.41, 5.74) is 7.87. The molecule has 0 fully saturated rings. The van der Waals surface area contributed by atoms with Gasteiger partial charge in [0.05, 0.1) is 6.20 Å². The maximum atomic E-state index is 5.75. The Labute approximate surface area is 98.5 Å². The molecular formula is C12H13N3O2. The van der Waals surface area contributed by atoms with E-state index in [4.69, 9.17) is 15.2 Å². The molecule has 17 heavy (non-hydrogen) atoms. The molecule has 0 saturated carbocycles. The number of fused-ring (bicyclic) bond motifs is 1. The summed E-state index contributed by atoms with van der Waals surface area (Å²) in [5, 5.41) is 6.62. The molecule has 1 aromatic carbocycles. The van der Waals surface area contributed by atoms with Crippen LogP contribution >= 0.6 is 0 Å². The highest BCUT2D eigenvalue weighted by atomic mass is 16.6. The summed E-state index contributed by atoms with van der Waals surface area (Å²) in [6.45, 7) is 1.21. The van der Waals surface area contributed by atoms with Crippen LogP contribution in [-0.2, 0) is 6.42 Å². The van der Waals surface area contributed by atoms with Crippen molar-refractivity contribution in [3.8, 4) is 11.5 Å². The molecule has 88 valence electrons. The molecule has 0 spiro atoms. The number of nitrogens with one attached hydrogen (secondary N) is 1. The molecule has 1 aliphatic heterocycles. The van der Waals surface area contributed by atoms with Crippen molar-refractivity contribution in [1.82, 2.24) is 10.2 Å². The number of nitrogens with zero attached hydrogens (tertiary/aromatic N) is 1. The average Bonchev–Trinajstić information content (AvgIpc) is 2.75. The number of H-pyrrole nitrogens is 1. The summed E-state index contributed by atoms with van der Waals surface area (Å²) in [6, 6.07) is 5.93. The Morgan fingerprint density at radius 3 is 2.82 bits per heavy atom. The maximum absolute atomic E-state index is 5.75. The monoisotopic (exact) mass is 231 g/mol. The van der Waals surface area contributed by atoms with Crippen LogP contribution in [0.4, 0.5) is 5.82 Å². The zero-order valence-corrected chi connectivity index (χ0v) is 9.27. The SMILES string of the molecule is Nc1[nH]ncc1Cc1ccc2c(c1)OCCO2. The molecule has 3 N–H and O–H groups in total. The first-order chi connectivity index (χ1) is 8.33. The number of hydrogen-bond acceptors (Lipinski definition) is 4. The van der Waals surface area contributed by atoms with E-state index in [1.165, 1.54) is 0 Å². The van der Waals surface area contributed by atoms with Crippen molar-refractivity contribution < 1.29 is 9.47 Å². The van der Waals surface area contributed by atoms with Gasteiger partial charge in [0, 0.05) is 12.0 Å². The third kappa shape index (κ3) is 1.91. The van der Waals surface area contributed by atoms with E-state index in [1.54, 1.807) is 6.20 Å². The van der Waals surface area contributed by atoms with Crippen molar-refractivity contribution in [3.05, 3.63) is 35.5 Å². The third-order valence-corrected chi connectivity index (χ3v) is 2.75. The predicted octanol–water partition coefficient (Wildman–Crippen LogP) is 1.35. The van der Waals surface area contributed by atoms with E-state index < -0.39 is 0 Å². The Morgan fingerprint density at radius 2 is 2.06 bits per heavy atom. The van der Waals surface area contributed by atoms with Crippen LogP contribution < -0.4 is 15.2 Å². The van der Waals surface area contributed by atoms with Crippen LogP contribution in [-0.4, -0.2) is 23.4 Å². The van der Waals surface area contributed by atoms with Gasteiger partial charge in [-0.2, -0.15) is 5.10 Å². The van der Waals surface area contributed by atoms with Crippen LogP contribution in [0.15, 0.2) is 24.4 Å². The minimum Gasteiger partial charge on any atom is -0.486 e. The predicted molar refractivity (Wildman–Crippen MR) is 63.2 cm³/mol. The van der Waals surface area contributed by atoms with Crippen molar-refractivity contribution in [3.63, 3.8) is 0 Å². The number of anilines is 1. The van der Waals surface area contributed by atoms with Crippen molar-refractivity contribution in [1.29, 1.82) is 0 Å². The fourth-order valence-corrected chi connectivity index (χ4v) is 1.88. The van der Waals surface area contributed by atoms with Gasteiger partial charge in [0.1, 0.15) is 19.0 Å². The highest BCUT2D eigenvalue weighted by Gasteiger charge is 2.12. The lowest BCUT2D eigenvalue weighted by molar-refractivity contribution is 0.171. The Morgan fingerprint density at radius 1 is 1.24 bits per heavy atom. The summed E-state index contributed by atoms with van der Waals surface area (Å²) in [6.07, 6.45) is 2.48. The zero-order valence-electron chi connectivity index (χ0n) is 9.27. The summed E-state index contributed by atoms with van der Waals surface area (Å²) in [7, 11) is 0. The Kier molecular flexibility index (Phi) is 2.36. The Balaban J connectivity index is 1.87. The molecule has 0 radical (unpaired) electrons. The molecule has 2 aromatic rings. The molecule has 3 rings (SSSR count). The molecule has 0 aliphatic carbocycles. The van der Waals surface area contributed by atoms with E-state index in [0.717, 1.165) is 29.0 Å². The van der Waals surface area contributed by atoms with Gasteiger partial charge in [-0.3, -0.25) is 5.10 Å². The number of nitrogen functional groups attached to an aromatic ring is 1. The fourth-order valence-electron chi connectivity index (χ4n) is 1.88. The van der Waals surface area contributed by atoms with Crippen molar-refractivity contribution in [2.45, 2.75) is 6.42 Å². The highest BCUT2D eigenvalue weighted by Crippen LogP contribution is 2.31. The minimum absolute atomic E-state index is 0.601. The summed E-state index contributed by atoms with van der Waals surface area (Å²) in [4.78, 5) is 0. The first-order valence-corrected chi connectivity index (χ1v) is 5.49. The zero-order chi connectivity index (χ0) is 11.7. The van der Waals surface area contributed by atoms with E-state index >= 15 is 0 Å². The van der Waals surface area contributed by atoms with E-state index in [9.17, 15) is 0 Å². The standard InChI is InChI=1S/C12H13N3O2/c13-12-9(7-14-15-12)5-8-1-2-10-11(6-8)17-4-3-16-10/h1-2,6-7H,3-5H2,(H3,13,14,15). The second kappa shape index (κ2) is 4.01. The molecule has 0 amide bonds. The summed E-state index contributed by atoms with van der Waals surface area (Å²) >= 11 is 0. The van der Waals surface area contributed by atoms with Crippen LogP contribution in [0, 0.1) is 0 Å². The van der Waals surface area contributed by atoms with Crippen LogP contribution in [0.3, 0.4) is 0 Å². The lowest BCUT2D eigenvalue weighted by Crippen LogP contribution is -2.15. The number of hydrogen-bond donors (Lipinski definition) is 2. The molecule has 5 heteroatoms. The van der Waals surface area contributed by atoms with Crippen LogP contribution in [0.5, 0.6) is 11.5 Å². The molecular weight excluding hydrogens is 218 g/mol. The molecule has 1 aliphatic rings. The molecule has 2 heterocycles. The quantitative estimate of drug-likeness (QED) is 0.818.